The van der Waals surface area contributed by atoms with Crippen LogP contribution in [0.15, 0.2) is 53.7 Å². The first-order valence-corrected chi connectivity index (χ1v) is 11.3. The number of pyridine rings is 1. The second-order valence-electron chi connectivity index (χ2n) is 7.58. The monoisotopic (exact) mass is 567 g/mol. The molecule has 1 aromatic carbocycles. The maximum Gasteiger partial charge on any atom is 0.409 e. The maximum atomic E-state index is 11.9. The molecule has 1 saturated heterocycles. The zero-order chi connectivity index (χ0) is 22.6. The Morgan fingerprint density at radius 2 is 1.91 bits per heavy atom. The van der Waals surface area contributed by atoms with E-state index in [1.54, 1.807) is 11.1 Å². The molecule has 0 spiro atoms. The number of benzene rings is 1. The third-order valence-corrected chi connectivity index (χ3v) is 5.15. The van der Waals surface area contributed by atoms with Crippen LogP contribution in [0.1, 0.15) is 37.8 Å². The van der Waals surface area contributed by atoms with E-state index in [-0.39, 0.29) is 36.1 Å². The van der Waals surface area contributed by atoms with Crippen LogP contribution in [0, 0.1) is 0 Å². The van der Waals surface area contributed by atoms with Gasteiger partial charge in [0, 0.05) is 37.9 Å². The summed E-state index contributed by atoms with van der Waals surface area (Å²) in [4.78, 5) is 22.7. The maximum absolute atomic E-state index is 11.9. The number of carbonyl (C=O) groups excluding carboxylic acids is 1. The van der Waals surface area contributed by atoms with Crippen molar-refractivity contribution in [3.63, 3.8) is 0 Å². The van der Waals surface area contributed by atoms with Gasteiger partial charge in [-0.15, -0.1) is 24.0 Å². The first-order valence-electron chi connectivity index (χ1n) is 11.3. The number of nitrogens with one attached hydrogen (secondary N) is 2. The van der Waals surface area contributed by atoms with Gasteiger partial charge in [-0.3, -0.25) is 0 Å². The number of likely N-dealkylation sites (tertiary alicyclic amines) is 1. The molecule has 0 atom stereocenters. The number of aliphatic imine (C=N–C) groups is 1. The highest BCUT2D eigenvalue weighted by atomic mass is 127. The Balaban J connectivity index is 0.00000385. The van der Waals surface area contributed by atoms with Gasteiger partial charge >= 0.3 is 6.09 Å². The predicted octanol–water partition coefficient (Wildman–Crippen LogP) is 3.95. The standard InChI is InChI=1S/C24H33N5O3.HI/c1-3-25-23(28-21-11-14-29(15-12-21)24(30)31-4-2)27-17-20-10-13-26-22(16-20)32-18-19-8-6-5-7-9-19;/h5-10,13,16,21H,3-4,11-12,14-15,17-18H2,1-2H3,(H2,25,27,28);1H. The number of nitrogens with zero attached hydrogens (tertiary/aromatic N) is 3. The van der Waals surface area contributed by atoms with E-state index in [1.807, 2.05) is 56.3 Å². The van der Waals surface area contributed by atoms with E-state index >= 15 is 0 Å². The zero-order valence-corrected chi connectivity index (χ0v) is 21.7. The fourth-order valence-electron chi connectivity index (χ4n) is 3.46. The molecule has 1 aliphatic heterocycles. The minimum Gasteiger partial charge on any atom is -0.473 e. The van der Waals surface area contributed by atoms with Crippen molar-refractivity contribution in [1.82, 2.24) is 20.5 Å². The summed E-state index contributed by atoms with van der Waals surface area (Å²) in [6, 6.07) is 14.2. The number of halogens is 1. The summed E-state index contributed by atoms with van der Waals surface area (Å²) < 4.78 is 10.9. The van der Waals surface area contributed by atoms with Crippen LogP contribution < -0.4 is 15.4 Å². The van der Waals surface area contributed by atoms with E-state index in [4.69, 9.17) is 14.5 Å². The van der Waals surface area contributed by atoms with Crippen LogP contribution in [0.2, 0.25) is 0 Å². The Kier molecular flexibility index (Phi) is 11.8. The summed E-state index contributed by atoms with van der Waals surface area (Å²) in [6.07, 6.45) is 3.23. The SMILES string of the molecule is CCNC(=NCc1ccnc(OCc2ccccc2)c1)NC1CCN(C(=O)OCC)CC1.I. The molecule has 0 saturated carbocycles. The van der Waals surface area contributed by atoms with Crippen LogP contribution in [-0.2, 0) is 17.9 Å². The molecular weight excluding hydrogens is 533 g/mol. The van der Waals surface area contributed by atoms with Gasteiger partial charge in [0.05, 0.1) is 13.2 Å². The molecule has 1 aliphatic rings. The molecule has 3 rings (SSSR count). The summed E-state index contributed by atoms with van der Waals surface area (Å²) in [5, 5.41) is 6.80. The van der Waals surface area contributed by atoms with Gasteiger partial charge < -0.3 is 25.0 Å². The largest absolute Gasteiger partial charge is 0.473 e. The van der Waals surface area contributed by atoms with Crippen molar-refractivity contribution in [2.75, 3.05) is 26.2 Å². The van der Waals surface area contributed by atoms with Crippen LogP contribution in [0.4, 0.5) is 4.79 Å². The highest BCUT2D eigenvalue weighted by molar-refractivity contribution is 14.0. The van der Waals surface area contributed by atoms with Gasteiger partial charge in [-0.25, -0.2) is 14.8 Å². The molecule has 9 heteroatoms. The number of hydrogen-bond acceptors (Lipinski definition) is 5. The number of hydrogen-bond donors (Lipinski definition) is 2. The molecular formula is C24H34IN5O3. The summed E-state index contributed by atoms with van der Waals surface area (Å²) in [6.45, 7) is 7.41. The summed E-state index contributed by atoms with van der Waals surface area (Å²) in [7, 11) is 0. The minimum absolute atomic E-state index is 0. The third-order valence-electron chi connectivity index (χ3n) is 5.15. The van der Waals surface area contributed by atoms with E-state index in [0.29, 0.717) is 38.7 Å². The lowest BCUT2D eigenvalue weighted by molar-refractivity contribution is 0.0963. The molecule has 1 fully saturated rings. The van der Waals surface area contributed by atoms with Gasteiger partial charge in [0.1, 0.15) is 6.61 Å². The molecule has 0 aliphatic carbocycles. The number of carbonyl (C=O) groups is 1. The van der Waals surface area contributed by atoms with Crippen molar-refractivity contribution >= 4 is 36.0 Å². The lowest BCUT2D eigenvalue weighted by atomic mass is 10.1. The van der Waals surface area contributed by atoms with Gasteiger partial charge in [-0.05, 0) is 43.9 Å². The van der Waals surface area contributed by atoms with E-state index < -0.39 is 0 Å². The molecule has 0 bridgehead atoms. The lowest BCUT2D eigenvalue weighted by Gasteiger charge is -2.32. The van der Waals surface area contributed by atoms with Crippen LogP contribution >= 0.6 is 24.0 Å². The van der Waals surface area contributed by atoms with Gasteiger partial charge in [-0.2, -0.15) is 0 Å². The highest BCUT2D eigenvalue weighted by Crippen LogP contribution is 2.14. The molecule has 33 heavy (non-hydrogen) atoms. The topological polar surface area (TPSA) is 88.1 Å². The smallest absolute Gasteiger partial charge is 0.409 e. The van der Waals surface area contributed by atoms with Gasteiger partial charge in [0.15, 0.2) is 5.96 Å². The highest BCUT2D eigenvalue weighted by Gasteiger charge is 2.24. The van der Waals surface area contributed by atoms with Crippen molar-refractivity contribution < 1.29 is 14.3 Å². The molecule has 2 heterocycles. The average molecular weight is 567 g/mol. The first kappa shape index (κ1) is 26.7. The van der Waals surface area contributed by atoms with Crippen LogP contribution in [0.5, 0.6) is 5.88 Å². The second-order valence-corrected chi connectivity index (χ2v) is 7.58. The zero-order valence-electron chi connectivity index (χ0n) is 19.3. The van der Waals surface area contributed by atoms with Crippen molar-refractivity contribution in [1.29, 1.82) is 0 Å². The van der Waals surface area contributed by atoms with Crippen LogP contribution in [0.25, 0.3) is 0 Å². The van der Waals surface area contributed by atoms with E-state index in [1.165, 1.54) is 0 Å². The van der Waals surface area contributed by atoms with Crippen molar-refractivity contribution in [2.45, 2.75) is 45.9 Å². The van der Waals surface area contributed by atoms with Crippen molar-refractivity contribution in [2.24, 2.45) is 4.99 Å². The molecule has 2 aromatic rings. The van der Waals surface area contributed by atoms with Gasteiger partial charge in [0.25, 0.3) is 0 Å². The summed E-state index contributed by atoms with van der Waals surface area (Å²) in [5.74, 6) is 1.36. The Morgan fingerprint density at radius 3 is 2.61 bits per heavy atom. The average Bonchev–Trinajstić information content (AvgIpc) is 2.83. The Labute approximate surface area is 213 Å². The van der Waals surface area contributed by atoms with Crippen molar-refractivity contribution in [3.8, 4) is 5.88 Å². The predicted molar refractivity (Wildman–Crippen MR) is 140 cm³/mol. The van der Waals surface area contributed by atoms with Crippen LogP contribution in [0.3, 0.4) is 0 Å². The normalized spacial score (nSPS) is 14.2. The van der Waals surface area contributed by atoms with Gasteiger partial charge in [-0.1, -0.05) is 30.3 Å². The molecule has 1 amide bonds. The molecule has 180 valence electrons. The lowest BCUT2D eigenvalue weighted by Crippen LogP contribution is -2.49. The number of guanidine groups is 1. The number of aromatic nitrogens is 1. The minimum atomic E-state index is -0.227. The van der Waals surface area contributed by atoms with Crippen LogP contribution in [-0.4, -0.2) is 54.2 Å². The molecule has 0 radical (unpaired) electrons. The molecule has 0 unspecified atom stereocenters. The van der Waals surface area contributed by atoms with Crippen molar-refractivity contribution in [3.05, 3.63) is 59.8 Å². The third kappa shape index (κ3) is 9.07. The van der Waals surface area contributed by atoms with E-state index in [2.05, 4.69) is 15.6 Å². The second kappa shape index (κ2) is 14.6. The molecule has 8 nitrogen and oxygen atoms in total. The fourth-order valence-corrected chi connectivity index (χ4v) is 3.46. The first-order chi connectivity index (χ1) is 15.7. The van der Waals surface area contributed by atoms with E-state index in [9.17, 15) is 4.79 Å². The number of ether oxygens (including phenoxy) is 2. The molecule has 2 N–H and O–H groups in total. The Hall–Kier alpha value is -2.56. The van der Waals surface area contributed by atoms with E-state index in [0.717, 1.165) is 36.5 Å². The number of piperidine rings is 1. The number of amides is 1. The molecule has 1 aromatic heterocycles. The Morgan fingerprint density at radius 1 is 1.15 bits per heavy atom. The summed E-state index contributed by atoms with van der Waals surface area (Å²) >= 11 is 0. The van der Waals surface area contributed by atoms with Gasteiger partial charge in [0.2, 0.25) is 5.88 Å². The summed E-state index contributed by atoms with van der Waals surface area (Å²) in [5.41, 5.74) is 2.13. The fraction of sp³-hybridized carbons (Fsp3) is 0.458. The quantitative estimate of drug-likeness (QED) is 0.286. The Bertz CT molecular complexity index is 873. The number of rotatable bonds is 8.